The highest BCUT2D eigenvalue weighted by molar-refractivity contribution is 7.99. The van der Waals surface area contributed by atoms with E-state index in [-0.39, 0.29) is 5.75 Å². The SMILES string of the molecule is CNC(=O)NC(=O)CSc1nnc(Cc2cccc3ccccc23)n1-c1ccc(C)cc1C. The van der Waals surface area contributed by atoms with Crippen LogP contribution in [0.15, 0.2) is 65.8 Å². The Bertz CT molecular complexity index is 1330. The molecule has 1 aromatic heterocycles. The number of benzene rings is 3. The number of hydrogen-bond acceptors (Lipinski definition) is 5. The Morgan fingerprint density at radius 1 is 1.00 bits per heavy atom. The van der Waals surface area contributed by atoms with E-state index in [1.165, 1.54) is 35.1 Å². The van der Waals surface area contributed by atoms with E-state index in [4.69, 9.17) is 0 Å². The molecule has 3 amide bonds. The van der Waals surface area contributed by atoms with Gasteiger partial charge in [0.2, 0.25) is 5.91 Å². The van der Waals surface area contributed by atoms with Gasteiger partial charge in [0.05, 0.1) is 11.4 Å². The fraction of sp³-hybridized carbons (Fsp3) is 0.200. The molecule has 0 bridgehead atoms. The van der Waals surface area contributed by atoms with Crippen molar-refractivity contribution in [3.05, 3.63) is 83.2 Å². The van der Waals surface area contributed by atoms with E-state index in [9.17, 15) is 9.59 Å². The third kappa shape index (κ3) is 5.06. The maximum Gasteiger partial charge on any atom is 0.321 e. The van der Waals surface area contributed by atoms with Crippen LogP contribution in [-0.4, -0.2) is 39.5 Å². The molecule has 4 rings (SSSR count). The molecule has 4 aromatic rings. The number of hydrogen-bond donors (Lipinski definition) is 2. The van der Waals surface area contributed by atoms with Crippen LogP contribution in [0.3, 0.4) is 0 Å². The number of fused-ring (bicyclic) bond motifs is 1. The number of rotatable bonds is 6. The molecule has 0 aliphatic heterocycles. The van der Waals surface area contributed by atoms with E-state index in [1.807, 2.05) is 22.8 Å². The molecular weight excluding hydrogens is 434 g/mol. The number of amides is 3. The van der Waals surface area contributed by atoms with E-state index in [0.29, 0.717) is 11.6 Å². The lowest BCUT2D eigenvalue weighted by atomic mass is 10.0. The predicted molar refractivity (Wildman–Crippen MR) is 131 cm³/mol. The topological polar surface area (TPSA) is 88.9 Å². The van der Waals surface area contributed by atoms with Crippen molar-refractivity contribution >= 4 is 34.5 Å². The zero-order valence-corrected chi connectivity index (χ0v) is 19.6. The Kier molecular flexibility index (Phi) is 6.74. The zero-order valence-electron chi connectivity index (χ0n) is 18.8. The van der Waals surface area contributed by atoms with Gasteiger partial charge in [-0.05, 0) is 41.8 Å². The fourth-order valence-corrected chi connectivity index (χ4v) is 4.54. The molecular formula is C25H25N5O2S. The van der Waals surface area contributed by atoms with Crippen LogP contribution >= 0.6 is 11.8 Å². The van der Waals surface area contributed by atoms with Gasteiger partial charge in [0, 0.05) is 13.5 Å². The molecule has 168 valence electrons. The van der Waals surface area contributed by atoms with Gasteiger partial charge in [0.1, 0.15) is 5.82 Å². The number of aromatic nitrogens is 3. The summed E-state index contributed by atoms with van der Waals surface area (Å²) in [5.41, 5.74) is 4.38. The minimum Gasteiger partial charge on any atom is -0.341 e. The second-order valence-corrected chi connectivity index (χ2v) is 8.70. The third-order valence-electron chi connectivity index (χ3n) is 5.33. The van der Waals surface area contributed by atoms with E-state index in [0.717, 1.165) is 22.6 Å². The van der Waals surface area contributed by atoms with Gasteiger partial charge in [-0.1, -0.05) is 71.9 Å². The van der Waals surface area contributed by atoms with Crippen LogP contribution in [0.1, 0.15) is 22.5 Å². The standard InChI is InChI=1S/C25H25N5O2S/c1-16-11-12-21(17(2)13-16)30-22(14-19-9-6-8-18-7-4-5-10-20(18)19)28-29-25(30)33-15-23(31)27-24(32)26-3/h4-13H,14-15H2,1-3H3,(H2,26,27,31,32). The third-order valence-corrected chi connectivity index (χ3v) is 6.26. The summed E-state index contributed by atoms with van der Waals surface area (Å²) in [5, 5.41) is 16.5. The van der Waals surface area contributed by atoms with Crippen molar-refractivity contribution in [3.8, 4) is 5.69 Å². The maximum absolute atomic E-state index is 12.1. The van der Waals surface area contributed by atoms with E-state index >= 15 is 0 Å². The molecule has 0 saturated heterocycles. The number of imide groups is 1. The smallest absolute Gasteiger partial charge is 0.321 e. The van der Waals surface area contributed by atoms with Gasteiger partial charge in [-0.15, -0.1) is 10.2 Å². The van der Waals surface area contributed by atoms with Crippen molar-refractivity contribution < 1.29 is 9.59 Å². The molecule has 7 nitrogen and oxygen atoms in total. The number of nitrogens with one attached hydrogen (secondary N) is 2. The Morgan fingerprint density at radius 2 is 1.79 bits per heavy atom. The Hall–Kier alpha value is -3.65. The molecule has 0 radical (unpaired) electrons. The molecule has 33 heavy (non-hydrogen) atoms. The van der Waals surface area contributed by atoms with Crippen molar-refractivity contribution in [3.63, 3.8) is 0 Å². The molecule has 3 aromatic carbocycles. The van der Waals surface area contributed by atoms with Crippen molar-refractivity contribution in [1.82, 2.24) is 25.4 Å². The molecule has 2 N–H and O–H groups in total. The Labute approximate surface area is 196 Å². The minimum absolute atomic E-state index is 0.0464. The van der Waals surface area contributed by atoms with Crippen LogP contribution in [0.25, 0.3) is 16.5 Å². The van der Waals surface area contributed by atoms with Gasteiger partial charge in [-0.25, -0.2) is 4.79 Å². The Balaban J connectivity index is 1.71. The number of carbonyl (C=O) groups excluding carboxylic acids is 2. The average molecular weight is 460 g/mol. The zero-order chi connectivity index (χ0) is 23.4. The van der Waals surface area contributed by atoms with E-state index < -0.39 is 11.9 Å². The number of nitrogens with zero attached hydrogens (tertiary/aromatic N) is 3. The van der Waals surface area contributed by atoms with Gasteiger partial charge in [0.25, 0.3) is 0 Å². The quantitative estimate of drug-likeness (QED) is 0.423. The first-order valence-electron chi connectivity index (χ1n) is 10.6. The summed E-state index contributed by atoms with van der Waals surface area (Å²) in [6.07, 6.45) is 0.590. The van der Waals surface area contributed by atoms with Crippen molar-refractivity contribution in [2.24, 2.45) is 0 Å². The first-order valence-corrected chi connectivity index (χ1v) is 11.6. The second kappa shape index (κ2) is 9.87. The van der Waals surface area contributed by atoms with Crippen LogP contribution in [0.4, 0.5) is 4.79 Å². The van der Waals surface area contributed by atoms with Crippen molar-refractivity contribution in [1.29, 1.82) is 0 Å². The normalized spacial score (nSPS) is 10.9. The molecule has 1 heterocycles. The van der Waals surface area contributed by atoms with Gasteiger partial charge in [-0.2, -0.15) is 0 Å². The highest BCUT2D eigenvalue weighted by Gasteiger charge is 2.19. The molecule has 0 saturated carbocycles. The number of urea groups is 1. The van der Waals surface area contributed by atoms with Crippen LogP contribution < -0.4 is 10.6 Å². The van der Waals surface area contributed by atoms with Crippen molar-refractivity contribution in [2.45, 2.75) is 25.4 Å². The number of aryl methyl sites for hydroxylation is 2. The van der Waals surface area contributed by atoms with Gasteiger partial charge in [0.15, 0.2) is 5.16 Å². The lowest BCUT2D eigenvalue weighted by Crippen LogP contribution is -2.38. The lowest BCUT2D eigenvalue weighted by molar-refractivity contribution is -0.117. The maximum atomic E-state index is 12.1. The summed E-state index contributed by atoms with van der Waals surface area (Å²) in [4.78, 5) is 23.6. The first-order chi connectivity index (χ1) is 16.0. The van der Waals surface area contributed by atoms with Gasteiger partial charge < -0.3 is 5.32 Å². The van der Waals surface area contributed by atoms with Gasteiger partial charge >= 0.3 is 6.03 Å². The summed E-state index contributed by atoms with van der Waals surface area (Å²) < 4.78 is 2.01. The minimum atomic E-state index is -0.534. The number of carbonyl (C=O) groups is 2. The fourth-order valence-electron chi connectivity index (χ4n) is 3.78. The van der Waals surface area contributed by atoms with E-state index in [1.54, 1.807) is 0 Å². The van der Waals surface area contributed by atoms with Crippen molar-refractivity contribution in [2.75, 3.05) is 12.8 Å². The molecule has 0 unspecified atom stereocenters. The summed E-state index contributed by atoms with van der Waals surface area (Å²) in [7, 11) is 1.46. The highest BCUT2D eigenvalue weighted by atomic mass is 32.2. The highest BCUT2D eigenvalue weighted by Crippen LogP contribution is 2.28. The largest absolute Gasteiger partial charge is 0.341 e. The molecule has 0 spiro atoms. The van der Waals surface area contributed by atoms with E-state index in [2.05, 4.69) is 77.1 Å². The monoisotopic (exact) mass is 459 g/mol. The van der Waals surface area contributed by atoms with Crippen LogP contribution in [0.5, 0.6) is 0 Å². The second-order valence-electron chi connectivity index (χ2n) is 7.76. The summed E-state index contributed by atoms with van der Waals surface area (Å²) >= 11 is 1.25. The van der Waals surface area contributed by atoms with Crippen LogP contribution in [0.2, 0.25) is 0 Å². The molecule has 0 aliphatic rings. The molecule has 0 fully saturated rings. The first kappa shape index (κ1) is 22.5. The molecule has 8 heteroatoms. The molecule has 0 aliphatic carbocycles. The van der Waals surface area contributed by atoms with Gasteiger partial charge in [-0.3, -0.25) is 14.7 Å². The molecule has 0 atom stereocenters. The predicted octanol–water partition coefficient (Wildman–Crippen LogP) is 4.18. The number of thioether (sulfide) groups is 1. The lowest BCUT2D eigenvalue weighted by Gasteiger charge is -2.14. The summed E-state index contributed by atoms with van der Waals surface area (Å²) in [6, 6.07) is 20.2. The average Bonchev–Trinajstić information content (AvgIpc) is 3.20. The van der Waals surface area contributed by atoms with Crippen LogP contribution in [0, 0.1) is 13.8 Å². The summed E-state index contributed by atoms with van der Waals surface area (Å²) in [6.45, 7) is 4.11. The van der Waals surface area contributed by atoms with Crippen LogP contribution in [-0.2, 0) is 11.2 Å². The Morgan fingerprint density at radius 3 is 2.58 bits per heavy atom. The summed E-state index contributed by atoms with van der Waals surface area (Å²) in [5.74, 6) is 0.433.